The van der Waals surface area contributed by atoms with Gasteiger partial charge in [0, 0.05) is 0 Å². The molecule has 0 aliphatic heterocycles. The molecule has 0 spiro atoms. The number of rotatable bonds is 4. The molecule has 0 aliphatic rings. The predicted octanol–water partition coefficient (Wildman–Crippen LogP) is 4.07. The highest BCUT2D eigenvalue weighted by atomic mass is 16.5. The highest BCUT2D eigenvalue weighted by molar-refractivity contribution is 5.73. The molecular formula is C18H21NO2. The molecule has 21 heavy (non-hydrogen) atoms. The van der Waals surface area contributed by atoms with Crippen LogP contribution >= 0.6 is 0 Å². The summed E-state index contributed by atoms with van der Waals surface area (Å²) >= 11 is 0. The second-order valence-electron chi connectivity index (χ2n) is 5.00. The molecule has 2 rings (SSSR count). The minimum Gasteiger partial charge on any atom is -0.496 e. The van der Waals surface area contributed by atoms with Gasteiger partial charge in [-0.15, -0.1) is 0 Å². The summed E-state index contributed by atoms with van der Waals surface area (Å²) in [4.78, 5) is 0. The summed E-state index contributed by atoms with van der Waals surface area (Å²) in [5, 5.41) is 0. The van der Waals surface area contributed by atoms with Gasteiger partial charge in [0.05, 0.1) is 19.9 Å². The van der Waals surface area contributed by atoms with Gasteiger partial charge in [-0.25, -0.2) is 0 Å². The molecule has 0 aromatic heterocycles. The van der Waals surface area contributed by atoms with Crippen LogP contribution in [-0.4, -0.2) is 14.2 Å². The number of aryl methyl sites for hydroxylation is 1. The Bertz CT molecular complexity index is 675. The second-order valence-corrected chi connectivity index (χ2v) is 5.00. The zero-order chi connectivity index (χ0) is 15.4. The van der Waals surface area contributed by atoms with Crippen LogP contribution in [0.15, 0.2) is 30.3 Å². The molecule has 0 heterocycles. The van der Waals surface area contributed by atoms with Crippen molar-refractivity contribution < 1.29 is 9.47 Å². The van der Waals surface area contributed by atoms with Crippen molar-refractivity contribution in [3.05, 3.63) is 52.6 Å². The van der Waals surface area contributed by atoms with Crippen LogP contribution in [0.1, 0.15) is 22.3 Å². The van der Waals surface area contributed by atoms with Gasteiger partial charge in [0.25, 0.3) is 0 Å². The van der Waals surface area contributed by atoms with E-state index in [4.69, 9.17) is 15.2 Å². The standard InChI is InChI=1S/C18H21NO2/c1-12-9-15(11-18(21-4)13(12)2)6-5-14-7-8-17(20-3)16(19)10-14/h5-11H,19H2,1-4H3/b6-5-. The molecule has 0 amide bonds. The quantitative estimate of drug-likeness (QED) is 0.679. The van der Waals surface area contributed by atoms with Gasteiger partial charge < -0.3 is 15.2 Å². The molecule has 3 nitrogen and oxygen atoms in total. The first-order chi connectivity index (χ1) is 10.0. The van der Waals surface area contributed by atoms with E-state index in [1.165, 1.54) is 11.1 Å². The smallest absolute Gasteiger partial charge is 0.141 e. The Morgan fingerprint density at radius 2 is 1.52 bits per heavy atom. The van der Waals surface area contributed by atoms with Crippen LogP contribution in [0.3, 0.4) is 0 Å². The monoisotopic (exact) mass is 283 g/mol. The Morgan fingerprint density at radius 3 is 2.14 bits per heavy atom. The molecule has 2 aromatic carbocycles. The molecule has 0 saturated carbocycles. The normalized spacial score (nSPS) is 10.9. The number of hydrogen-bond donors (Lipinski definition) is 1. The van der Waals surface area contributed by atoms with Crippen molar-refractivity contribution in [1.82, 2.24) is 0 Å². The fourth-order valence-corrected chi connectivity index (χ4v) is 2.21. The Balaban J connectivity index is 2.29. The molecule has 0 saturated heterocycles. The van der Waals surface area contributed by atoms with E-state index in [1.54, 1.807) is 14.2 Å². The van der Waals surface area contributed by atoms with Crippen molar-refractivity contribution in [3.8, 4) is 11.5 Å². The maximum absolute atomic E-state index is 5.91. The Morgan fingerprint density at radius 1 is 0.857 bits per heavy atom. The lowest BCUT2D eigenvalue weighted by molar-refractivity contribution is 0.411. The van der Waals surface area contributed by atoms with E-state index in [-0.39, 0.29) is 0 Å². The Labute approximate surface area is 126 Å². The van der Waals surface area contributed by atoms with E-state index >= 15 is 0 Å². The Hall–Kier alpha value is -2.42. The van der Waals surface area contributed by atoms with Crippen LogP contribution in [0.4, 0.5) is 5.69 Å². The number of benzene rings is 2. The molecule has 0 unspecified atom stereocenters. The maximum Gasteiger partial charge on any atom is 0.141 e. The molecule has 3 heteroatoms. The number of nitrogen functional groups attached to an aromatic ring is 1. The van der Waals surface area contributed by atoms with E-state index in [0.717, 1.165) is 16.9 Å². The molecule has 110 valence electrons. The van der Waals surface area contributed by atoms with Crippen LogP contribution in [0.5, 0.6) is 11.5 Å². The van der Waals surface area contributed by atoms with Crippen molar-refractivity contribution in [1.29, 1.82) is 0 Å². The van der Waals surface area contributed by atoms with Crippen LogP contribution < -0.4 is 15.2 Å². The van der Waals surface area contributed by atoms with Crippen LogP contribution in [-0.2, 0) is 0 Å². The van der Waals surface area contributed by atoms with E-state index < -0.39 is 0 Å². The van der Waals surface area contributed by atoms with Crippen LogP contribution in [0.25, 0.3) is 12.2 Å². The molecule has 0 aliphatic carbocycles. The van der Waals surface area contributed by atoms with Crippen molar-refractivity contribution in [2.75, 3.05) is 20.0 Å². The molecular weight excluding hydrogens is 262 g/mol. The van der Waals surface area contributed by atoms with Gasteiger partial charge in [-0.2, -0.15) is 0 Å². The first-order valence-electron chi connectivity index (χ1n) is 6.82. The summed E-state index contributed by atoms with van der Waals surface area (Å²) in [6.07, 6.45) is 4.08. The van der Waals surface area contributed by atoms with E-state index in [1.807, 2.05) is 30.3 Å². The summed E-state index contributed by atoms with van der Waals surface area (Å²) in [5.74, 6) is 1.60. The Kier molecular flexibility index (Phi) is 4.53. The largest absolute Gasteiger partial charge is 0.496 e. The summed E-state index contributed by atoms with van der Waals surface area (Å²) in [6, 6.07) is 9.92. The van der Waals surface area contributed by atoms with Gasteiger partial charge in [-0.05, 0) is 54.3 Å². The molecule has 0 bridgehead atoms. The summed E-state index contributed by atoms with van der Waals surface area (Å²) in [7, 11) is 3.31. The highest BCUT2D eigenvalue weighted by Gasteiger charge is 2.03. The average Bonchev–Trinajstić information content (AvgIpc) is 2.48. The minimum absolute atomic E-state index is 0.636. The maximum atomic E-state index is 5.91. The molecule has 2 aromatic rings. The predicted molar refractivity (Wildman–Crippen MR) is 88.8 cm³/mol. The fraction of sp³-hybridized carbons (Fsp3) is 0.222. The van der Waals surface area contributed by atoms with Crippen molar-refractivity contribution in [2.45, 2.75) is 13.8 Å². The summed E-state index contributed by atoms with van der Waals surface area (Å²) in [6.45, 7) is 4.15. The minimum atomic E-state index is 0.636. The molecule has 0 fully saturated rings. The van der Waals surface area contributed by atoms with Crippen molar-refractivity contribution in [3.63, 3.8) is 0 Å². The first-order valence-corrected chi connectivity index (χ1v) is 6.82. The number of ether oxygens (including phenoxy) is 2. The lowest BCUT2D eigenvalue weighted by Crippen LogP contribution is -1.92. The summed E-state index contributed by atoms with van der Waals surface area (Å²) < 4.78 is 10.6. The van der Waals surface area contributed by atoms with E-state index in [9.17, 15) is 0 Å². The van der Waals surface area contributed by atoms with Crippen molar-refractivity contribution >= 4 is 17.8 Å². The number of methoxy groups -OCH3 is 2. The van der Waals surface area contributed by atoms with Gasteiger partial charge >= 0.3 is 0 Å². The first kappa shape index (κ1) is 15.0. The topological polar surface area (TPSA) is 44.5 Å². The van der Waals surface area contributed by atoms with Crippen LogP contribution in [0, 0.1) is 13.8 Å². The number of anilines is 1. The third-order valence-electron chi connectivity index (χ3n) is 3.58. The SMILES string of the molecule is COc1ccc(/C=C\c2cc(C)c(C)c(OC)c2)cc1N. The highest BCUT2D eigenvalue weighted by Crippen LogP contribution is 2.26. The zero-order valence-electron chi connectivity index (χ0n) is 12.9. The van der Waals surface area contributed by atoms with Gasteiger partial charge in [0.2, 0.25) is 0 Å². The van der Waals surface area contributed by atoms with Crippen LogP contribution in [0.2, 0.25) is 0 Å². The molecule has 0 radical (unpaired) electrons. The third-order valence-corrected chi connectivity index (χ3v) is 3.58. The molecule has 0 atom stereocenters. The molecule has 2 N–H and O–H groups in total. The van der Waals surface area contributed by atoms with Gasteiger partial charge in [-0.1, -0.05) is 24.3 Å². The zero-order valence-corrected chi connectivity index (χ0v) is 12.9. The lowest BCUT2D eigenvalue weighted by Gasteiger charge is -2.09. The average molecular weight is 283 g/mol. The number of nitrogens with two attached hydrogens (primary N) is 1. The second kappa shape index (κ2) is 6.35. The van der Waals surface area contributed by atoms with Gasteiger partial charge in [0.15, 0.2) is 0 Å². The van der Waals surface area contributed by atoms with Crippen molar-refractivity contribution in [2.24, 2.45) is 0 Å². The summed E-state index contributed by atoms with van der Waals surface area (Å²) in [5.41, 5.74) is 11.1. The van der Waals surface area contributed by atoms with E-state index in [2.05, 4.69) is 26.0 Å². The third kappa shape index (κ3) is 3.37. The number of hydrogen-bond acceptors (Lipinski definition) is 3. The lowest BCUT2D eigenvalue weighted by atomic mass is 10.0. The van der Waals surface area contributed by atoms with Gasteiger partial charge in [0.1, 0.15) is 11.5 Å². The van der Waals surface area contributed by atoms with E-state index in [0.29, 0.717) is 11.4 Å². The van der Waals surface area contributed by atoms with Gasteiger partial charge in [-0.3, -0.25) is 0 Å². The fourth-order valence-electron chi connectivity index (χ4n) is 2.21.